The van der Waals surface area contributed by atoms with Crippen molar-refractivity contribution in [3.8, 4) is 5.75 Å². The van der Waals surface area contributed by atoms with Gasteiger partial charge in [0.05, 0.1) is 13.7 Å². The second-order valence-corrected chi connectivity index (χ2v) is 5.21. The maximum atomic E-state index is 5.39. The summed E-state index contributed by atoms with van der Waals surface area (Å²) in [5, 5.41) is 7.83. The van der Waals surface area contributed by atoms with E-state index in [0.717, 1.165) is 18.7 Å². The maximum Gasteiger partial charge on any atom is 0.122 e. The minimum Gasteiger partial charge on any atom is -0.496 e. The number of rotatable bonds is 7. The van der Waals surface area contributed by atoms with Crippen LogP contribution in [-0.2, 0) is 13.0 Å². The van der Waals surface area contributed by atoms with Crippen molar-refractivity contribution < 1.29 is 4.74 Å². The number of hydrogen-bond acceptors (Lipinski definition) is 3. The van der Waals surface area contributed by atoms with Crippen molar-refractivity contribution in [3.05, 3.63) is 48.3 Å². The molecule has 0 saturated heterocycles. The first-order valence-electron chi connectivity index (χ1n) is 7.04. The van der Waals surface area contributed by atoms with E-state index in [0.29, 0.717) is 12.1 Å². The minimum atomic E-state index is 0.375. The van der Waals surface area contributed by atoms with Crippen molar-refractivity contribution in [2.24, 2.45) is 0 Å². The van der Waals surface area contributed by atoms with E-state index in [1.807, 2.05) is 35.3 Å². The Morgan fingerprint density at radius 1 is 1.20 bits per heavy atom. The smallest absolute Gasteiger partial charge is 0.122 e. The van der Waals surface area contributed by atoms with E-state index < -0.39 is 0 Å². The van der Waals surface area contributed by atoms with Crippen LogP contribution < -0.4 is 10.1 Å². The Labute approximate surface area is 120 Å². The predicted molar refractivity (Wildman–Crippen MR) is 81.0 cm³/mol. The lowest BCUT2D eigenvalue weighted by Crippen LogP contribution is -2.38. The lowest BCUT2D eigenvalue weighted by atomic mass is 10.1. The van der Waals surface area contributed by atoms with Crippen LogP contribution in [0, 0.1) is 0 Å². The molecule has 0 aliphatic heterocycles. The first-order valence-corrected chi connectivity index (χ1v) is 7.04. The third-order valence-electron chi connectivity index (χ3n) is 3.31. The number of nitrogens with one attached hydrogen (secondary N) is 1. The Morgan fingerprint density at radius 3 is 2.70 bits per heavy atom. The summed E-state index contributed by atoms with van der Waals surface area (Å²) >= 11 is 0. The van der Waals surface area contributed by atoms with Gasteiger partial charge in [-0.3, -0.25) is 4.68 Å². The molecular weight excluding hydrogens is 250 g/mol. The van der Waals surface area contributed by atoms with Gasteiger partial charge in [-0.25, -0.2) is 0 Å². The van der Waals surface area contributed by atoms with Crippen LogP contribution in [0.4, 0.5) is 0 Å². The summed E-state index contributed by atoms with van der Waals surface area (Å²) in [5.41, 5.74) is 1.24. The highest BCUT2D eigenvalue weighted by Gasteiger charge is 2.11. The summed E-state index contributed by atoms with van der Waals surface area (Å²) in [7, 11) is 1.72. The highest BCUT2D eigenvalue weighted by Crippen LogP contribution is 2.18. The molecule has 0 amide bonds. The van der Waals surface area contributed by atoms with E-state index in [1.165, 1.54) is 5.56 Å². The largest absolute Gasteiger partial charge is 0.496 e. The number of hydrogen-bond donors (Lipinski definition) is 1. The molecule has 4 heteroatoms. The SMILES string of the molecule is COc1ccccc1CC(C)NC(C)Cn1cccn1. The first-order chi connectivity index (χ1) is 9.69. The molecule has 2 unspecified atom stereocenters. The molecule has 2 rings (SSSR count). The Balaban J connectivity index is 1.87. The van der Waals surface area contributed by atoms with E-state index in [1.54, 1.807) is 7.11 Å². The van der Waals surface area contributed by atoms with Crippen LogP contribution in [-0.4, -0.2) is 29.0 Å². The Hall–Kier alpha value is -1.81. The summed E-state index contributed by atoms with van der Waals surface area (Å²) in [6, 6.07) is 10.9. The Kier molecular flexibility index (Phi) is 5.18. The van der Waals surface area contributed by atoms with Gasteiger partial charge in [0.15, 0.2) is 0 Å². The highest BCUT2D eigenvalue weighted by molar-refractivity contribution is 5.33. The minimum absolute atomic E-state index is 0.375. The summed E-state index contributed by atoms with van der Waals surface area (Å²) < 4.78 is 7.35. The molecule has 2 atom stereocenters. The van der Waals surface area contributed by atoms with Gasteiger partial charge in [0.25, 0.3) is 0 Å². The van der Waals surface area contributed by atoms with E-state index in [9.17, 15) is 0 Å². The molecule has 1 aromatic carbocycles. The molecule has 0 aliphatic rings. The fourth-order valence-electron chi connectivity index (χ4n) is 2.49. The average molecular weight is 273 g/mol. The van der Waals surface area contributed by atoms with Gasteiger partial charge in [0, 0.05) is 24.5 Å². The molecule has 0 bridgehead atoms. The second kappa shape index (κ2) is 7.10. The van der Waals surface area contributed by atoms with E-state index in [-0.39, 0.29) is 0 Å². The zero-order valence-electron chi connectivity index (χ0n) is 12.4. The molecule has 0 saturated carbocycles. The maximum absolute atomic E-state index is 5.39. The predicted octanol–water partition coefficient (Wildman–Crippen LogP) is 2.50. The van der Waals surface area contributed by atoms with Crippen molar-refractivity contribution in [3.63, 3.8) is 0 Å². The third-order valence-corrected chi connectivity index (χ3v) is 3.31. The van der Waals surface area contributed by atoms with Crippen molar-refractivity contribution in [2.75, 3.05) is 7.11 Å². The van der Waals surface area contributed by atoms with Crippen molar-refractivity contribution >= 4 is 0 Å². The molecule has 0 fully saturated rings. The van der Waals surface area contributed by atoms with Crippen LogP contribution in [0.3, 0.4) is 0 Å². The number of nitrogens with zero attached hydrogens (tertiary/aromatic N) is 2. The van der Waals surface area contributed by atoms with Crippen molar-refractivity contribution in [1.82, 2.24) is 15.1 Å². The summed E-state index contributed by atoms with van der Waals surface area (Å²) in [5.74, 6) is 0.959. The zero-order valence-corrected chi connectivity index (χ0v) is 12.4. The molecule has 1 heterocycles. The van der Waals surface area contributed by atoms with Gasteiger partial charge in [-0.2, -0.15) is 5.10 Å². The topological polar surface area (TPSA) is 39.1 Å². The fourth-order valence-corrected chi connectivity index (χ4v) is 2.49. The summed E-state index contributed by atoms with van der Waals surface area (Å²) in [6.07, 6.45) is 4.75. The molecule has 0 aliphatic carbocycles. The lowest BCUT2D eigenvalue weighted by molar-refractivity contribution is 0.390. The van der Waals surface area contributed by atoms with Crippen LogP contribution in [0.2, 0.25) is 0 Å². The third kappa shape index (κ3) is 4.10. The Morgan fingerprint density at radius 2 is 2.00 bits per heavy atom. The van der Waals surface area contributed by atoms with E-state index >= 15 is 0 Å². The molecule has 2 aromatic rings. The quantitative estimate of drug-likeness (QED) is 0.842. The summed E-state index contributed by atoms with van der Waals surface area (Å²) in [4.78, 5) is 0. The van der Waals surface area contributed by atoms with Gasteiger partial charge in [-0.15, -0.1) is 0 Å². The average Bonchev–Trinajstić information content (AvgIpc) is 2.91. The van der Waals surface area contributed by atoms with Crippen LogP contribution >= 0.6 is 0 Å². The van der Waals surface area contributed by atoms with Gasteiger partial charge >= 0.3 is 0 Å². The molecule has 108 valence electrons. The number of ether oxygens (including phenoxy) is 1. The number of benzene rings is 1. The van der Waals surface area contributed by atoms with Gasteiger partial charge in [0.2, 0.25) is 0 Å². The van der Waals surface area contributed by atoms with E-state index in [4.69, 9.17) is 4.74 Å². The van der Waals surface area contributed by atoms with Gasteiger partial charge in [-0.1, -0.05) is 18.2 Å². The van der Waals surface area contributed by atoms with E-state index in [2.05, 4.69) is 36.4 Å². The number of methoxy groups -OCH3 is 1. The zero-order chi connectivity index (χ0) is 14.4. The van der Waals surface area contributed by atoms with Crippen LogP contribution in [0.15, 0.2) is 42.7 Å². The van der Waals surface area contributed by atoms with Crippen molar-refractivity contribution in [2.45, 2.75) is 38.9 Å². The van der Waals surface area contributed by atoms with Crippen LogP contribution in [0.25, 0.3) is 0 Å². The van der Waals surface area contributed by atoms with Crippen molar-refractivity contribution in [1.29, 1.82) is 0 Å². The molecular formula is C16H23N3O. The normalized spacial score (nSPS) is 13.9. The van der Waals surface area contributed by atoms with Gasteiger partial charge < -0.3 is 10.1 Å². The van der Waals surface area contributed by atoms with Gasteiger partial charge in [0.1, 0.15) is 5.75 Å². The van der Waals surface area contributed by atoms with Crippen LogP contribution in [0.5, 0.6) is 5.75 Å². The Bertz CT molecular complexity index is 510. The molecule has 1 aromatic heterocycles. The number of para-hydroxylation sites is 1. The lowest BCUT2D eigenvalue weighted by Gasteiger charge is -2.21. The van der Waals surface area contributed by atoms with Crippen LogP contribution in [0.1, 0.15) is 19.4 Å². The molecule has 20 heavy (non-hydrogen) atoms. The molecule has 0 radical (unpaired) electrons. The summed E-state index contributed by atoms with van der Waals surface area (Å²) in [6.45, 7) is 5.26. The monoisotopic (exact) mass is 273 g/mol. The number of aromatic nitrogens is 2. The fraction of sp³-hybridized carbons (Fsp3) is 0.438. The molecule has 1 N–H and O–H groups in total. The molecule has 4 nitrogen and oxygen atoms in total. The standard InChI is InChI=1S/C16H23N3O/c1-13(11-15-7-4-5-8-16(15)20-3)18-14(2)12-19-10-6-9-17-19/h4-10,13-14,18H,11-12H2,1-3H3. The highest BCUT2D eigenvalue weighted by atomic mass is 16.5. The first kappa shape index (κ1) is 14.6. The molecule has 0 spiro atoms. The van der Waals surface area contributed by atoms with Gasteiger partial charge in [-0.05, 0) is 38.0 Å². The second-order valence-electron chi connectivity index (χ2n) is 5.21.